The Morgan fingerprint density at radius 2 is 2.23 bits per heavy atom. The highest BCUT2D eigenvalue weighted by Crippen LogP contribution is 2.19. The molecule has 1 amide bonds. The van der Waals surface area contributed by atoms with Crippen molar-refractivity contribution in [1.82, 2.24) is 19.7 Å². The third kappa shape index (κ3) is 2.67. The minimum Gasteiger partial charge on any atom is -0.387 e. The SMILES string of the molecule is CNc1cc(C(=O)N2CCn3nc([C@H](C)O)cc3C2)ccn1. The molecule has 0 saturated heterocycles. The molecule has 0 spiro atoms. The number of fused-ring (bicyclic) bond motifs is 1. The molecule has 7 heteroatoms. The van der Waals surface area contributed by atoms with Crippen LogP contribution in [0.4, 0.5) is 5.82 Å². The molecule has 0 radical (unpaired) electrons. The van der Waals surface area contributed by atoms with Crippen LogP contribution in [0.1, 0.15) is 34.8 Å². The van der Waals surface area contributed by atoms with Gasteiger partial charge in [0.15, 0.2) is 0 Å². The van der Waals surface area contributed by atoms with Gasteiger partial charge in [-0.2, -0.15) is 5.10 Å². The Balaban J connectivity index is 1.80. The Labute approximate surface area is 128 Å². The number of rotatable bonds is 3. The molecule has 22 heavy (non-hydrogen) atoms. The second kappa shape index (κ2) is 5.76. The van der Waals surface area contributed by atoms with E-state index in [-0.39, 0.29) is 5.91 Å². The predicted molar refractivity (Wildman–Crippen MR) is 81.4 cm³/mol. The number of hydrogen-bond donors (Lipinski definition) is 2. The van der Waals surface area contributed by atoms with Crippen molar-refractivity contribution >= 4 is 11.7 Å². The van der Waals surface area contributed by atoms with Crippen LogP contribution in [0.5, 0.6) is 0 Å². The van der Waals surface area contributed by atoms with E-state index < -0.39 is 6.10 Å². The fourth-order valence-corrected chi connectivity index (χ4v) is 2.55. The number of aromatic nitrogens is 3. The molecule has 2 aromatic heterocycles. The molecule has 7 nitrogen and oxygen atoms in total. The largest absolute Gasteiger partial charge is 0.387 e. The zero-order chi connectivity index (χ0) is 15.7. The van der Waals surface area contributed by atoms with E-state index in [1.165, 1.54) is 0 Å². The number of aliphatic hydroxyl groups is 1. The van der Waals surface area contributed by atoms with Crippen LogP contribution >= 0.6 is 0 Å². The van der Waals surface area contributed by atoms with Crippen LogP contribution in [0.2, 0.25) is 0 Å². The van der Waals surface area contributed by atoms with Gasteiger partial charge in [0.1, 0.15) is 5.82 Å². The summed E-state index contributed by atoms with van der Waals surface area (Å²) in [4.78, 5) is 18.5. The maximum atomic E-state index is 12.6. The van der Waals surface area contributed by atoms with Gasteiger partial charge in [-0.15, -0.1) is 0 Å². The monoisotopic (exact) mass is 301 g/mol. The fraction of sp³-hybridized carbons (Fsp3) is 0.400. The molecule has 1 atom stereocenters. The summed E-state index contributed by atoms with van der Waals surface area (Å²) in [5.74, 6) is 0.647. The number of nitrogens with zero attached hydrogens (tertiary/aromatic N) is 4. The summed E-state index contributed by atoms with van der Waals surface area (Å²) >= 11 is 0. The lowest BCUT2D eigenvalue weighted by molar-refractivity contribution is 0.0705. The van der Waals surface area contributed by atoms with Crippen LogP contribution in [0.25, 0.3) is 0 Å². The van der Waals surface area contributed by atoms with Gasteiger partial charge in [-0.3, -0.25) is 9.48 Å². The summed E-state index contributed by atoms with van der Waals surface area (Å²) in [5.41, 5.74) is 2.20. The Morgan fingerprint density at radius 1 is 1.41 bits per heavy atom. The highest BCUT2D eigenvalue weighted by atomic mass is 16.3. The maximum Gasteiger partial charge on any atom is 0.254 e. The average Bonchev–Trinajstić information content (AvgIpc) is 2.97. The van der Waals surface area contributed by atoms with Crippen molar-refractivity contribution in [1.29, 1.82) is 0 Å². The number of anilines is 1. The molecule has 0 aliphatic carbocycles. The van der Waals surface area contributed by atoms with Crippen molar-refractivity contribution in [2.75, 3.05) is 18.9 Å². The van der Waals surface area contributed by atoms with Gasteiger partial charge >= 0.3 is 0 Å². The molecule has 0 aromatic carbocycles. The molecule has 2 aromatic rings. The molecular formula is C15H19N5O2. The topological polar surface area (TPSA) is 83.3 Å². The van der Waals surface area contributed by atoms with Gasteiger partial charge in [-0.25, -0.2) is 4.98 Å². The van der Waals surface area contributed by atoms with Gasteiger partial charge < -0.3 is 15.3 Å². The number of hydrogen-bond acceptors (Lipinski definition) is 5. The molecule has 0 fully saturated rings. The lowest BCUT2D eigenvalue weighted by atomic mass is 10.2. The third-order valence-electron chi connectivity index (χ3n) is 3.80. The summed E-state index contributed by atoms with van der Waals surface area (Å²) in [6, 6.07) is 5.32. The fourth-order valence-electron chi connectivity index (χ4n) is 2.55. The van der Waals surface area contributed by atoms with Crippen molar-refractivity contribution in [2.24, 2.45) is 0 Å². The van der Waals surface area contributed by atoms with Gasteiger partial charge in [-0.1, -0.05) is 0 Å². The van der Waals surface area contributed by atoms with E-state index in [4.69, 9.17) is 0 Å². The van der Waals surface area contributed by atoms with Crippen LogP contribution in [-0.4, -0.2) is 44.3 Å². The van der Waals surface area contributed by atoms with E-state index >= 15 is 0 Å². The Hall–Kier alpha value is -2.41. The summed E-state index contributed by atoms with van der Waals surface area (Å²) in [5, 5.41) is 16.9. The van der Waals surface area contributed by atoms with Gasteiger partial charge in [0.05, 0.1) is 30.6 Å². The number of pyridine rings is 1. The summed E-state index contributed by atoms with van der Waals surface area (Å²) in [6.07, 6.45) is 1.03. The van der Waals surface area contributed by atoms with Crippen molar-refractivity contribution < 1.29 is 9.90 Å². The normalized spacial score (nSPS) is 15.3. The quantitative estimate of drug-likeness (QED) is 0.884. The number of amides is 1. The third-order valence-corrected chi connectivity index (χ3v) is 3.80. The van der Waals surface area contributed by atoms with Crippen LogP contribution < -0.4 is 5.32 Å². The second-order valence-corrected chi connectivity index (χ2v) is 5.37. The predicted octanol–water partition coefficient (Wildman–Crippen LogP) is 1.03. The molecule has 0 unspecified atom stereocenters. The van der Waals surface area contributed by atoms with Crippen molar-refractivity contribution in [3.63, 3.8) is 0 Å². The van der Waals surface area contributed by atoms with Crippen molar-refractivity contribution in [2.45, 2.75) is 26.1 Å². The number of carbonyl (C=O) groups is 1. The Kier molecular flexibility index (Phi) is 3.81. The highest BCUT2D eigenvalue weighted by Gasteiger charge is 2.24. The maximum absolute atomic E-state index is 12.6. The van der Waals surface area contributed by atoms with E-state index in [1.807, 2.05) is 10.7 Å². The highest BCUT2D eigenvalue weighted by molar-refractivity contribution is 5.94. The number of carbonyl (C=O) groups excluding carboxylic acids is 1. The zero-order valence-corrected chi connectivity index (χ0v) is 12.7. The first kappa shape index (κ1) is 14.5. The average molecular weight is 301 g/mol. The van der Waals surface area contributed by atoms with Gasteiger partial charge in [0, 0.05) is 25.4 Å². The van der Waals surface area contributed by atoms with E-state index in [0.29, 0.717) is 36.7 Å². The number of nitrogens with one attached hydrogen (secondary N) is 1. The van der Waals surface area contributed by atoms with Crippen LogP contribution in [-0.2, 0) is 13.1 Å². The van der Waals surface area contributed by atoms with E-state index in [2.05, 4.69) is 15.4 Å². The van der Waals surface area contributed by atoms with E-state index in [1.54, 1.807) is 37.2 Å². The first-order valence-electron chi connectivity index (χ1n) is 7.26. The molecule has 3 rings (SSSR count). The van der Waals surface area contributed by atoms with Crippen molar-refractivity contribution in [3.8, 4) is 0 Å². The first-order valence-corrected chi connectivity index (χ1v) is 7.26. The molecule has 1 aliphatic rings. The lowest BCUT2D eigenvalue weighted by Gasteiger charge is -2.27. The van der Waals surface area contributed by atoms with Gasteiger partial charge in [-0.05, 0) is 25.1 Å². The summed E-state index contributed by atoms with van der Waals surface area (Å²) in [6.45, 7) is 3.42. The lowest BCUT2D eigenvalue weighted by Crippen LogP contribution is -2.38. The molecule has 116 valence electrons. The van der Waals surface area contributed by atoms with E-state index in [0.717, 1.165) is 5.69 Å². The molecule has 3 heterocycles. The summed E-state index contributed by atoms with van der Waals surface area (Å²) < 4.78 is 1.86. The van der Waals surface area contributed by atoms with Gasteiger partial charge in [0.25, 0.3) is 5.91 Å². The minimum absolute atomic E-state index is 0.0232. The Morgan fingerprint density at radius 3 is 2.95 bits per heavy atom. The van der Waals surface area contributed by atoms with Gasteiger partial charge in [0.2, 0.25) is 0 Å². The smallest absolute Gasteiger partial charge is 0.254 e. The van der Waals surface area contributed by atoms with Crippen LogP contribution in [0.15, 0.2) is 24.4 Å². The molecular weight excluding hydrogens is 282 g/mol. The van der Waals surface area contributed by atoms with Crippen LogP contribution in [0.3, 0.4) is 0 Å². The second-order valence-electron chi connectivity index (χ2n) is 5.37. The molecule has 0 bridgehead atoms. The van der Waals surface area contributed by atoms with E-state index in [9.17, 15) is 9.90 Å². The van der Waals surface area contributed by atoms with Crippen molar-refractivity contribution in [3.05, 3.63) is 41.3 Å². The number of aliphatic hydroxyl groups excluding tert-OH is 1. The molecule has 1 aliphatic heterocycles. The minimum atomic E-state index is -0.597. The summed E-state index contributed by atoms with van der Waals surface area (Å²) in [7, 11) is 1.77. The standard InChI is InChI=1S/C15H19N5O2/c1-10(21)13-8-12-9-19(5-6-20(12)18-13)15(22)11-3-4-17-14(7-11)16-2/h3-4,7-8,10,21H,5-6,9H2,1-2H3,(H,16,17)/t10-/m0/s1. The first-order chi connectivity index (χ1) is 10.6. The zero-order valence-electron chi connectivity index (χ0n) is 12.7. The van der Waals surface area contributed by atoms with Crippen LogP contribution in [0, 0.1) is 0 Å². The molecule has 2 N–H and O–H groups in total. The molecule has 0 saturated carbocycles. The Bertz CT molecular complexity index is 695.